The largest absolute Gasteiger partial charge is 0.466 e. The molecule has 0 aliphatic carbocycles. The maximum Gasteiger partial charge on any atom is 0.312 e. The lowest BCUT2D eigenvalue weighted by Crippen LogP contribution is -2.53. The summed E-state index contributed by atoms with van der Waals surface area (Å²) < 4.78 is 12.1. The Kier molecular flexibility index (Phi) is 7.46. The topological polar surface area (TPSA) is 105 Å². The number of carbonyl (C=O) groups excluding carboxylic acids is 3. The number of aryl methyl sites for hydroxylation is 1. The Labute approximate surface area is 211 Å². The number of nitrogens with one attached hydrogen (secondary N) is 1. The Morgan fingerprint density at radius 2 is 2.03 bits per heavy atom. The minimum absolute atomic E-state index is 0.0727. The fourth-order valence-electron chi connectivity index (χ4n) is 6.40. The maximum atomic E-state index is 13.9. The molecule has 2 bridgehead atoms. The molecule has 8 nitrogen and oxygen atoms in total. The van der Waals surface area contributed by atoms with Gasteiger partial charge in [0.05, 0.1) is 28.8 Å². The molecule has 1 aromatic carbocycles. The number of fused-ring (bicyclic) bond motifs is 1. The number of anilines is 1. The second-order valence-electron chi connectivity index (χ2n) is 9.82. The number of amides is 2. The van der Waals surface area contributed by atoms with Gasteiger partial charge in [0.15, 0.2) is 0 Å². The summed E-state index contributed by atoms with van der Waals surface area (Å²) in [6, 6.07) is 4.48. The second kappa shape index (κ2) is 10.1. The Morgan fingerprint density at radius 1 is 1.26 bits per heavy atom. The van der Waals surface area contributed by atoms with Gasteiger partial charge in [0.25, 0.3) is 0 Å². The first-order valence-electron chi connectivity index (χ1n) is 12.6. The Hall–Kier alpha value is -2.16. The van der Waals surface area contributed by atoms with Crippen LogP contribution in [0.1, 0.15) is 57.9 Å². The summed E-state index contributed by atoms with van der Waals surface area (Å²) in [6.07, 6.45) is 3.62. The highest BCUT2D eigenvalue weighted by Crippen LogP contribution is 2.64. The van der Waals surface area contributed by atoms with Gasteiger partial charge in [-0.1, -0.05) is 30.7 Å². The van der Waals surface area contributed by atoms with E-state index in [0.29, 0.717) is 49.4 Å². The predicted molar refractivity (Wildman–Crippen MR) is 131 cm³/mol. The highest BCUT2D eigenvalue weighted by molar-refractivity contribution is 6.34. The molecule has 192 valence electrons. The van der Waals surface area contributed by atoms with E-state index in [9.17, 15) is 14.4 Å². The highest BCUT2D eigenvalue weighted by atomic mass is 35.5. The third-order valence-corrected chi connectivity index (χ3v) is 8.31. The third-order valence-electron chi connectivity index (χ3n) is 8.00. The summed E-state index contributed by atoms with van der Waals surface area (Å²) in [5, 5.41) is 12.5. The van der Waals surface area contributed by atoms with Crippen LogP contribution < -0.4 is 5.32 Å². The Bertz CT molecular complexity index is 982. The number of aliphatic hydroxyl groups is 1. The number of esters is 1. The molecule has 3 saturated heterocycles. The smallest absolute Gasteiger partial charge is 0.312 e. The van der Waals surface area contributed by atoms with Crippen LogP contribution in [-0.2, 0) is 23.9 Å². The molecule has 4 rings (SSSR count). The molecule has 9 heteroatoms. The molecule has 2 N–H and O–H groups in total. The molecule has 0 aromatic heterocycles. The number of ether oxygens (including phenoxy) is 2. The number of hydrogen-bond acceptors (Lipinski definition) is 6. The van der Waals surface area contributed by atoms with Crippen LogP contribution in [0, 0.1) is 18.8 Å². The molecule has 3 heterocycles. The van der Waals surface area contributed by atoms with Crippen molar-refractivity contribution in [1.82, 2.24) is 4.90 Å². The number of aliphatic hydroxyl groups excluding tert-OH is 1. The summed E-state index contributed by atoms with van der Waals surface area (Å²) in [4.78, 5) is 42.5. The lowest BCUT2D eigenvalue weighted by Gasteiger charge is -2.33. The van der Waals surface area contributed by atoms with E-state index in [2.05, 4.69) is 5.32 Å². The van der Waals surface area contributed by atoms with Gasteiger partial charge in [0, 0.05) is 13.2 Å². The zero-order valence-corrected chi connectivity index (χ0v) is 21.4. The van der Waals surface area contributed by atoms with E-state index >= 15 is 0 Å². The van der Waals surface area contributed by atoms with E-state index < -0.39 is 35.0 Å². The fraction of sp³-hybridized carbons (Fsp3) is 0.654. The molecule has 2 unspecified atom stereocenters. The van der Waals surface area contributed by atoms with Crippen LogP contribution >= 0.6 is 11.6 Å². The molecule has 35 heavy (non-hydrogen) atoms. The Morgan fingerprint density at radius 3 is 2.69 bits per heavy atom. The van der Waals surface area contributed by atoms with Gasteiger partial charge in [-0.3, -0.25) is 14.4 Å². The maximum absolute atomic E-state index is 13.9. The summed E-state index contributed by atoms with van der Waals surface area (Å²) in [7, 11) is 0. The molecule has 3 aliphatic heterocycles. The molecule has 1 spiro atoms. The number of carbonyl (C=O) groups is 3. The molecule has 0 radical (unpaired) electrons. The summed E-state index contributed by atoms with van der Waals surface area (Å²) in [6.45, 7) is 6.18. The van der Waals surface area contributed by atoms with Gasteiger partial charge in [0.1, 0.15) is 17.6 Å². The number of unbranched alkanes of at least 4 members (excludes halogenated alkanes) is 2. The second-order valence-corrected chi connectivity index (χ2v) is 10.2. The summed E-state index contributed by atoms with van der Waals surface area (Å²) in [5.74, 6) is -2.55. The van der Waals surface area contributed by atoms with Crippen molar-refractivity contribution in [2.45, 2.75) is 76.5 Å². The lowest BCUT2D eigenvalue weighted by atomic mass is 9.65. The van der Waals surface area contributed by atoms with Crippen LogP contribution in [0.4, 0.5) is 5.69 Å². The first-order chi connectivity index (χ1) is 16.8. The van der Waals surface area contributed by atoms with E-state index in [1.807, 2.05) is 26.0 Å². The summed E-state index contributed by atoms with van der Waals surface area (Å²) in [5.41, 5.74) is -0.592. The van der Waals surface area contributed by atoms with Gasteiger partial charge in [-0.05, 0) is 64.0 Å². The highest BCUT2D eigenvalue weighted by Gasteiger charge is 2.78. The number of hydrogen-bond donors (Lipinski definition) is 2. The molecular weight excluding hydrogens is 472 g/mol. The van der Waals surface area contributed by atoms with Crippen LogP contribution in [0.5, 0.6) is 0 Å². The predicted octanol–water partition coefficient (Wildman–Crippen LogP) is 3.47. The minimum atomic E-state index is -1.10. The molecule has 5 atom stereocenters. The average molecular weight is 507 g/mol. The van der Waals surface area contributed by atoms with Crippen LogP contribution in [0.15, 0.2) is 18.2 Å². The average Bonchev–Trinajstić information content (AvgIpc) is 3.43. The lowest BCUT2D eigenvalue weighted by molar-refractivity contribution is -0.160. The van der Waals surface area contributed by atoms with Gasteiger partial charge in [0.2, 0.25) is 11.8 Å². The SMILES string of the molecule is CCOC(=O)[C@H]1[C@H]2C(=O)N(CCCCCO)C(C(=O)Nc3c(C)cccc3Cl)C23CC[C@]1(CC)O3. The standard InChI is InChI=1S/C26H35ClN2O6/c1-4-25-12-13-26(35-25)18(19(25)24(33)34-5-2)23(32)29(14-7-6-8-15-30)21(26)22(31)28-20-16(3)10-9-11-17(20)27/h9-11,18-19,21,30H,4-8,12-15H2,1-3H3,(H,28,31)/t18-,19+,21?,25-,26?/m0/s1. The van der Waals surface area contributed by atoms with Crippen LogP contribution in [0.25, 0.3) is 0 Å². The number of likely N-dealkylation sites (tertiary alicyclic amines) is 1. The zero-order chi connectivity index (χ0) is 25.4. The molecule has 3 aliphatic rings. The van der Waals surface area contributed by atoms with Crippen molar-refractivity contribution in [3.63, 3.8) is 0 Å². The number of benzene rings is 1. The van der Waals surface area contributed by atoms with Crippen LogP contribution in [0.2, 0.25) is 5.02 Å². The van der Waals surface area contributed by atoms with Gasteiger partial charge in [-0.15, -0.1) is 0 Å². The van der Waals surface area contributed by atoms with Crippen molar-refractivity contribution in [2.75, 3.05) is 25.1 Å². The number of nitrogens with zero attached hydrogens (tertiary/aromatic N) is 1. The number of para-hydroxylation sites is 1. The Balaban J connectivity index is 1.73. The van der Waals surface area contributed by atoms with Gasteiger partial charge >= 0.3 is 5.97 Å². The van der Waals surface area contributed by atoms with E-state index in [0.717, 1.165) is 12.0 Å². The molecule has 3 fully saturated rings. The fourth-order valence-corrected chi connectivity index (χ4v) is 6.67. The number of halogens is 1. The minimum Gasteiger partial charge on any atom is -0.466 e. The normalized spacial score (nSPS) is 31.1. The van der Waals surface area contributed by atoms with Crippen molar-refractivity contribution in [3.8, 4) is 0 Å². The van der Waals surface area contributed by atoms with E-state index in [4.69, 9.17) is 26.2 Å². The molecule has 2 amide bonds. The van der Waals surface area contributed by atoms with Crippen molar-refractivity contribution < 1.29 is 29.0 Å². The van der Waals surface area contributed by atoms with Crippen LogP contribution in [0.3, 0.4) is 0 Å². The monoisotopic (exact) mass is 506 g/mol. The summed E-state index contributed by atoms with van der Waals surface area (Å²) >= 11 is 6.38. The van der Waals surface area contributed by atoms with E-state index in [1.54, 1.807) is 17.9 Å². The van der Waals surface area contributed by atoms with E-state index in [1.165, 1.54) is 0 Å². The van der Waals surface area contributed by atoms with Crippen molar-refractivity contribution >= 4 is 35.1 Å². The third kappa shape index (κ3) is 4.13. The first kappa shape index (κ1) is 25.9. The van der Waals surface area contributed by atoms with Gasteiger partial charge in [-0.25, -0.2) is 0 Å². The first-order valence-corrected chi connectivity index (χ1v) is 13.0. The van der Waals surface area contributed by atoms with E-state index in [-0.39, 0.29) is 25.0 Å². The van der Waals surface area contributed by atoms with Gasteiger partial charge < -0.3 is 24.8 Å². The molecule has 1 aromatic rings. The van der Waals surface area contributed by atoms with Crippen molar-refractivity contribution in [1.29, 1.82) is 0 Å². The van der Waals surface area contributed by atoms with Crippen molar-refractivity contribution in [2.24, 2.45) is 11.8 Å². The molecule has 0 saturated carbocycles. The quantitative estimate of drug-likeness (QED) is 0.372. The van der Waals surface area contributed by atoms with Gasteiger partial charge in [-0.2, -0.15) is 0 Å². The zero-order valence-electron chi connectivity index (χ0n) is 20.6. The molecular formula is C26H35ClN2O6. The number of rotatable bonds is 10. The van der Waals surface area contributed by atoms with Crippen molar-refractivity contribution in [3.05, 3.63) is 28.8 Å². The van der Waals surface area contributed by atoms with Crippen LogP contribution in [-0.4, -0.2) is 64.8 Å².